The van der Waals surface area contributed by atoms with Crippen LogP contribution in [0.15, 0.2) is 6.07 Å². The maximum absolute atomic E-state index is 13.3. The molecule has 1 rings (SSSR count). The second kappa shape index (κ2) is 5.51. The largest absolute Gasteiger partial charge is 0.466 e. The number of carbonyl (C=O) groups excluding carboxylic acids is 1. The first-order valence-corrected chi connectivity index (χ1v) is 4.84. The predicted octanol–water partition coefficient (Wildman–Crippen LogP) is 1.85. The average molecular weight is 248 g/mol. The molecule has 1 aromatic heterocycles. The summed E-state index contributed by atoms with van der Waals surface area (Å²) in [5, 5.41) is 0. The monoisotopic (exact) mass is 248 g/mol. The summed E-state index contributed by atoms with van der Waals surface area (Å²) in [6.07, 6.45) is -3.35. The van der Waals surface area contributed by atoms with E-state index in [1.165, 1.54) is 0 Å². The number of nitrogens with two attached hydrogens (primary N) is 1. The molecule has 0 saturated heterocycles. The van der Waals surface area contributed by atoms with Crippen molar-refractivity contribution < 1.29 is 22.7 Å². The lowest BCUT2D eigenvalue weighted by molar-refractivity contribution is -0.142. The first-order chi connectivity index (χ1) is 7.95. The van der Waals surface area contributed by atoms with Gasteiger partial charge in [0.1, 0.15) is 11.6 Å². The van der Waals surface area contributed by atoms with E-state index in [2.05, 4.69) is 9.72 Å². The van der Waals surface area contributed by atoms with Crippen LogP contribution in [0.2, 0.25) is 0 Å². The SMILES string of the molecule is CCOC(=O)Cc1nc(N)c(C(F)F)cc1F. The summed E-state index contributed by atoms with van der Waals surface area (Å²) in [6.45, 7) is 1.74. The predicted molar refractivity (Wildman–Crippen MR) is 53.9 cm³/mol. The number of alkyl halides is 2. The minimum absolute atomic E-state index is 0.144. The van der Waals surface area contributed by atoms with E-state index in [9.17, 15) is 18.0 Å². The maximum atomic E-state index is 13.3. The number of rotatable bonds is 4. The smallest absolute Gasteiger partial charge is 0.311 e. The third kappa shape index (κ3) is 3.33. The molecule has 4 nitrogen and oxygen atoms in total. The van der Waals surface area contributed by atoms with E-state index < -0.39 is 36.0 Å². The maximum Gasteiger partial charge on any atom is 0.311 e. The highest BCUT2D eigenvalue weighted by Gasteiger charge is 2.18. The molecular formula is C10H11F3N2O2. The molecule has 7 heteroatoms. The Morgan fingerprint density at radius 2 is 2.24 bits per heavy atom. The molecule has 0 radical (unpaired) electrons. The molecule has 17 heavy (non-hydrogen) atoms. The van der Waals surface area contributed by atoms with Gasteiger partial charge in [0.05, 0.1) is 24.3 Å². The Balaban J connectivity index is 2.95. The Bertz CT molecular complexity index is 424. The van der Waals surface area contributed by atoms with E-state index in [-0.39, 0.29) is 12.3 Å². The molecule has 94 valence electrons. The Morgan fingerprint density at radius 1 is 1.59 bits per heavy atom. The van der Waals surface area contributed by atoms with Crippen LogP contribution >= 0.6 is 0 Å². The van der Waals surface area contributed by atoms with Gasteiger partial charge in [-0.15, -0.1) is 0 Å². The molecule has 0 aromatic carbocycles. The number of pyridine rings is 1. The molecule has 0 fully saturated rings. The molecule has 0 unspecified atom stereocenters. The van der Waals surface area contributed by atoms with Crippen LogP contribution in [0.5, 0.6) is 0 Å². The van der Waals surface area contributed by atoms with Gasteiger partial charge in [-0.05, 0) is 13.0 Å². The number of aromatic nitrogens is 1. The zero-order valence-electron chi connectivity index (χ0n) is 9.04. The van der Waals surface area contributed by atoms with Gasteiger partial charge in [-0.1, -0.05) is 0 Å². The third-order valence-electron chi connectivity index (χ3n) is 1.96. The van der Waals surface area contributed by atoms with E-state index in [0.717, 1.165) is 0 Å². The normalized spacial score (nSPS) is 10.6. The Hall–Kier alpha value is -1.79. The van der Waals surface area contributed by atoms with Crippen molar-refractivity contribution >= 4 is 11.8 Å². The van der Waals surface area contributed by atoms with E-state index in [1.54, 1.807) is 6.92 Å². The fraction of sp³-hybridized carbons (Fsp3) is 0.400. The van der Waals surface area contributed by atoms with Gasteiger partial charge in [0.2, 0.25) is 0 Å². The van der Waals surface area contributed by atoms with Crippen molar-refractivity contribution in [3.05, 3.63) is 23.1 Å². The molecular weight excluding hydrogens is 237 g/mol. The molecule has 0 atom stereocenters. The zero-order valence-corrected chi connectivity index (χ0v) is 9.04. The van der Waals surface area contributed by atoms with Crippen LogP contribution in [0.4, 0.5) is 19.0 Å². The number of nitrogens with zero attached hydrogens (tertiary/aromatic N) is 1. The molecule has 0 bridgehead atoms. The summed E-state index contributed by atoms with van der Waals surface area (Å²) in [5.74, 6) is -2.17. The van der Waals surface area contributed by atoms with Crippen LogP contribution in [0.25, 0.3) is 0 Å². The molecule has 0 aliphatic rings. The number of halogens is 3. The number of esters is 1. The first kappa shape index (κ1) is 13.3. The van der Waals surface area contributed by atoms with Crippen LogP contribution in [-0.2, 0) is 16.0 Å². The molecule has 0 aliphatic heterocycles. The average Bonchev–Trinajstić information content (AvgIpc) is 2.22. The van der Waals surface area contributed by atoms with Gasteiger partial charge in [-0.3, -0.25) is 4.79 Å². The summed E-state index contributed by atoms with van der Waals surface area (Å²) in [6, 6.07) is 0.585. The van der Waals surface area contributed by atoms with E-state index >= 15 is 0 Å². The highest BCUT2D eigenvalue weighted by Crippen LogP contribution is 2.25. The molecule has 1 aromatic rings. The molecule has 0 saturated carbocycles. The number of nitrogen functional groups attached to an aromatic ring is 1. The second-order valence-corrected chi connectivity index (χ2v) is 3.17. The van der Waals surface area contributed by atoms with E-state index in [4.69, 9.17) is 5.73 Å². The van der Waals surface area contributed by atoms with Gasteiger partial charge in [-0.2, -0.15) is 0 Å². The highest BCUT2D eigenvalue weighted by molar-refractivity contribution is 5.72. The molecule has 0 aliphatic carbocycles. The topological polar surface area (TPSA) is 65.2 Å². The number of ether oxygens (including phenoxy) is 1. The second-order valence-electron chi connectivity index (χ2n) is 3.17. The minimum atomic E-state index is -2.91. The number of carbonyl (C=O) groups is 1. The minimum Gasteiger partial charge on any atom is -0.466 e. The van der Waals surface area contributed by atoms with E-state index in [0.29, 0.717) is 6.07 Å². The van der Waals surface area contributed by atoms with Crippen molar-refractivity contribution in [2.75, 3.05) is 12.3 Å². The van der Waals surface area contributed by atoms with Crippen molar-refractivity contribution in [2.24, 2.45) is 0 Å². The number of hydrogen-bond acceptors (Lipinski definition) is 4. The summed E-state index contributed by atoms with van der Waals surface area (Å²) < 4.78 is 42.6. The van der Waals surface area contributed by atoms with Crippen LogP contribution in [-0.4, -0.2) is 17.6 Å². The fourth-order valence-electron chi connectivity index (χ4n) is 1.20. The molecule has 2 N–H and O–H groups in total. The van der Waals surface area contributed by atoms with Gasteiger partial charge in [0.15, 0.2) is 0 Å². The van der Waals surface area contributed by atoms with Gasteiger partial charge < -0.3 is 10.5 Å². The standard InChI is InChI=1S/C10H11F3N2O2/c1-2-17-8(16)4-7-6(11)3-5(9(12)13)10(14)15-7/h3,9H,2,4H2,1H3,(H2,14,15). The third-order valence-corrected chi connectivity index (χ3v) is 1.96. The van der Waals surface area contributed by atoms with Gasteiger partial charge in [-0.25, -0.2) is 18.2 Å². The van der Waals surface area contributed by atoms with Crippen LogP contribution in [0.3, 0.4) is 0 Å². The van der Waals surface area contributed by atoms with Gasteiger partial charge in [0.25, 0.3) is 6.43 Å². The Morgan fingerprint density at radius 3 is 2.76 bits per heavy atom. The van der Waals surface area contributed by atoms with Crippen molar-refractivity contribution in [3.8, 4) is 0 Å². The highest BCUT2D eigenvalue weighted by atomic mass is 19.3. The number of hydrogen-bond donors (Lipinski definition) is 1. The van der Waals surface area contributed by atoms with Gasteiger partial charge >= 0.3 is 5.97 Å². The molecule has 0 spiro atoms. The summed E-state index contributed by atoms with van der Waals surface area (Å²) in [4.78, 5) is 14.5. The molecule has 1 heterocycles. The Kier molecular flexibility index (Phi) is 4.30. The summed E-state index contributed by atoms with van der Waals surface area (Å²) in [7, 11) is 0. The summed E-state index contributed by atoms with van der Waals surface area (Å²) >= 11 is 0. The van der Waals surface area contributed by atoms with Gasteiger partial charge in [0, 0.05) is 0 Å². The van der Waals surface area contributed by atoms with Crippen molar-refractivity contribution in [1.29, 1.82) is 0 Å². The van der Waals surface area contributed by atoms with Crippen molar-refractivity contribution in [3.63, 3.8) is 0 Å². The summed E-state index contributed by atoms with van der Waals surface area (Å²) in [5.41, 5.74) is 4.25. The Labute approximate surface area is 95.6 Å². The van der Waals surface area contributed by atoms with Crippen molar-refractivity contribution in [1.82, 2.24) is 4.98 Å². The van der Waals surface area contributed by atoms with Crippen molar-refractivity contribution in [2.45, 2.75) is 19.8 Å². The first-order valence-electron chi connectivity index (χ1n) is 4.84. The lowest BCUT2D eigenvalue weighted by atomic mass is 10.2. The lowest BCUT2D eigenvalue weighted by Crippen LogP contribution is -2.12. The zero-order chi connectivity index (χ0) is 13.0. The van der Waals surface area contributed by atoms with E-state index in [1.807, 2.05) is 0 Å². The van der Waals surface area contributed by atoms with Crippen LogP contribution in [0.1, 0.15) is 24.6 Å². The van der Waals surface area contributed by atoms with Crippen LogP contribution < -0.4 is 5.73 Å². The molecule has 0 amide bonds. The quantitative estimate of drug-likeness (QED) is 0.826. The fourth-order valence-corrected chi connectivity index (χ4v) is 1.20. The lowest BCUT2D eigenvalue weighted by Gasteiger charge is -2.07. The number of anilines is 1. The van der Waals surface area contributed by atoms with Crippen LogP contribution in [0, 0.1) is 5.82 Å².